The summed E-state index contributed by atoms with van der Waals surface area (Å²) in [5.41, 5.74) is 1.73. The molecule has 2 aromatic rings. The summed E-state index contributed by atoms with van der Waals surface area (Å²) in [6.45, 7) is 6.23. The van der Waals surface area contributed by atoms with Gasteiger partial charge >= 0.3 is 0 Å². The van der Waals surface area contributed by atoms with E-state index in [4.69, 9.17) is 0 Å². The molecule has 5 nitrogen and oxygen atoms in total. The lowest BCUT2D eigenvalue weighted by Crippen LogP contribution is -2.33. The molecule has 0 atom stereocenters. The SMILES string of the molecule is Cc1cnc(N2CCC(C)(C)S(=O)(=O)CC2)nc1-c1ccccc1F. The van der Waals surface area contributed by atoms with Crippen molar-refractivity contribution in [1.29, 1.82) is 0 Å². The number of aromatic nitrogens is 2. The van der Waals surface area contributed by atoms with E-state index in [2.05, 4.69) is 9.97 Å². The highest BCUT2D eigenvalue weighted by Gasteiger charge is 2.37. The Morgan fingerprint density at radius 3 is 2.64 bits per heavy atom. The zero-order chi connectivity index (χ0) is 18.2. The maximum atomic E-state index is 14.1. The number of hydrogen-bond donors (Lipinski definition) is 0. The molecule has 1 aliphatic rings. The van der Waals surface area contributed by atoms with Gasteiger partial charge in [0.25, 0.3) is 0 Å². The van der Waals surface area contributed by atoms with Crippen LogP contribution in [0.5, 0.6) is 0 Å². The van der Waals surface area contributed by atoms with Crippen LogP contribution >= 0.6 is 0 Å². The van der Waals surface area contributed by atoms with Crippen molar-refractivity contribution in [3.63, 3.8) is 0 Å². The monoisotopic (exact) mass is 363 g/mol. The number of aryl methyl sites for hydroxylation is 1. The molecule has 0 amide bonds. The van der Waals surface area contributed by atoms with E-state index in [-0.39, 0.29) is 11.6 Å². The molecule has 1 saturated heterocycles. The van der Waals surface area contributed by atoms with Crippen LogP contribution in [0.1, 0.15) is 25.8 Å². The standard InChI is InChI=1S/C18H22FN3O2S/c1-13-12-20-17(21-16(13)14-6-4-5-7-15(14)19)22-9-8-18(2,3)25(23,24)11-10-22/h4-7,12H,8-11H2,1-3H3. The predicted molar refractivity (Wildman–Crippen MR) is 96.9 cm³/mol. The molecule has 1 aromatic heterocycles. The van der Waals surface area contributed by atoms with Gasteiger partial charge in [-0.1, -0.05) is 12.1 Å². The van der Waals surface area contributed by atoms with Crippen molar-refractivity contribution in [1.82, 2.24) is 9.97 Å². The molecule has 7 heteroatoms. The fourth-order valence-electron chi connectivity index (χ4n) is 2.89. The Labute approximate surface area is 147 Å². The van der Waals surface area contributed by atoms with Crippen LogP contribution < -0.4 is 4.90 Å². The highest BCUT2D eigenvalue weighted by atomic mass is 32.2. The molecule has 0 saturated carbocycles. The van der Waals surface area contributed by atoms with Crippen molar-refractivity contribution in [3.8, 4) is 11.3 Å². The molecule has 0 spiro atoms. The van der Waals surface area contributed by atoms with Crippen LogP contribution in [0.4, 0.5) is 10.3 Å². The van der Waals surface area contributed by atoms with Crippen molar-refractivity contribution in [2.24, 2.45) is 0 Å². The topological polar surface area (TPSA) is 63.2 Å². The molecule has 2 heterocycles. The summed E-state index contributed by atoms with van der Waals surface area (Å²) < 4.78 is 38.1. The average Bonchev–Trinajstić information content (AvgIpc) is 2.66. The molecule has 0 aliphatic carbocycles. The quantitative estimate of drug-likeness (QED) is 0.821. The second kappa shape index (κ2) is 6.37. The molecule has 1 aliphatic heterocycles. The third-order valence-corrected chi connectivity index (χ3v) is 7.43. The number of rotatable bonds is 2. The van der Waals surface area contributed by atoms with Crippen LogP contribution in [0.2, 0.25) is 0 Å². The lowest BCUT2D eigenvalue weighted by atomic mass is 10.1. The molecule has 1 fully saturated rings. The highest BCUT2D eigenvalue weighted by Crippen LogP contribution is 2.29. The van der Waals surface area contributed by atoms with Crippen LogP contribution in [0.25, 0.3) is 11.3 Å². The number of halogens is 1. The summed E-state index contributed by atoms with van der Waals surface area (Å²) in [6.07, 6.45) is 2.16. The first kappa shape index (κ1) is 17.8. The van der Waals surface area contributed by atoms with Gasteiger partial charge in [-0.15, -0.1) is 0 Å². The second-order valence-corrected chi connectivity index (χ2v) is 9.74. The molecule has 134 valence electrons. The predicted octanol–water partition coefficient (Wildman–Crippen LogP) is 2.99. The normalized spacial score (nSPS) is 19.4. The minimum absolute atomic E-state index is 0.0618. The first-order valence-electron chi connectivity index (χ1n) is 8.27. The van der Waals surface area contributed by atoms with E-state index < -0.39 is 14.6 Å². The summed E-state index contributed by atoms with van der Waals surface area (Å²) in [5.74, 6) is 0.165. The summed E-state index contributed by atoms with van der Waals surface area (Å²) in [7, 11) is -3.17. The van der Waals surface area contributed by atoms with Crippen molar-refractivity contribution < 1.29 is 12.8 Å². The third-order valence-electron chi connectivity index (χ3n) is 4.83. The molecule has 1 aromatic carbocycles. The van der Waals surface area contributed by atoms with E-state index in [0.29, 0.717) is 36.7 Å². The van der Waals surface area contributed by atoms with Crippen LogP contribution in [0.15, 0.2) is 30.5 Å². The summed E-state index contributed by atoms with van der Waals surface area (Å²) in [6, 6.07) is 6.49. The van der Waals surface area contributed by atoms with Gasteiger partial charge in [0.2, 0.25) is 5.95 Å². The first-order valence-corrected chi connectivity index (χ1v) is 9.92. The average molecular weight is 363 g/mol. The zero-order valence-electron chi connectivity index (χ0n) is 14.7. The lowest BCUT2D eigenvalue weighted by Gasteiger charge is -2.23. The van der Waals surface area contributed by atoms with Crippen molar-refractivity contribution in [2.45, 2.75) is 31.9 Å². The van der Waals surface area contributed by atoms with Crippen LogP contribution in [0, 0.1) is 12.7 Å². The van der Waals surface area contributed by atoms with Crippen LogP contribution in [0.3, 0.4) is 0 Å². The summed E-state index contributed by atoms with van der Waals surface area (Å²) in [5, 5.41) is 0. The van der Waals surface area contributed by atoms with E-state index >= 15 is 0 Å². The first-order chi connectivity index (χ1) is 11.7. The number of anilines is 1. The van der Waals surface area contributed by atoms with Gasteiger partial charge in [-0.25, -0.2) is 22.8 Å². The molecule has 0 bridgehead atoms. The Morgan fingerprint density at radius 2 is 1.92 bits per heavy atom. The molecule has 25 heavy (non-hydrogen) atoms. The largest absolute Gasteiger partial charge is 0.340 e. The Hall–Kier alpha value is -2.02. The number of sulfone groups is 1. The zero-order valence-corrected chi connectivity index (χ0v) is 15.5. The van der Waals surface area contributed by atoms with Gasteiger partial charge in [0.15, 0.2) is 9.84 Å². The van der Waals surface area contributed by atoms with Gasteiger partial charge < -0.3 is 4.90 Å². The van der Waals surface area contributed by atoms with Gasteiger partial charge in [0.1, 0.15) is 5.82 Å². The second-order valence-electron chi connectivity index (χ2n) is 7.00. The Balaban J connectivity index is 1.97. The fraction of sp³-hybridized carbons (Fsp3) is 0.444. The van der Waals surface area contributed by atoms with E-state index in [1.165, 1.54) is 6.07 Å². The molecule has 0 N–H and O–H groups in total. The van der Waals surface area contributed by atoms with Crippen molar-refractivity contribution in [2.75, 3.05) is 23.7 Å². The van der Waals surface area contributed by atoms with E-state index in [0.717, 1.165) is 5.56 Å². The minimum Gasteiger partial charge on any atom is -0.340 e. The minimum atomic E-state index is -3.17. The van der Waals surface area contributed by atoms with Crippen molar-refractivity contribution >= 4 is 15.8 Å². The Kier molecular flexibility index (Phi) is 4.53. The van der Waals surface area contributed by atoms with E-state index in [9.17, 15) is 12.8 Å². The number of benzene rings is 1. The number of hydrogen-bond acceptors (Lipinski definition) is 5. The lowest BCUT2D eigenvalue weighted by molar-refractivity contribution is 0.537. The number of nitrogens with zero attached hydrogens (tertiary/aromatic N) is 3. The summed E-state index contributed by atoms with van der Waals surface area (Å²) >= 11 is 0. The van der Waals surface area contributed by atoms with Gasteiger partial charge in [-0.2, -0.15) is 0 Å². The smallest absolute Gasteiger partial charge is 0.225 e. The molecule has 0 radical (unpaired) electrons. The summed E-state index contributed by atoms with van der Waals surface area (Å²) in [4.78, 5) is 10.8. The van der Waals surface area contributed by atoms with Gasteiger partial charge in [-0.3, -0.25) is 0 Å². The molecule has 0 unspecified atom stereocenters. The molecular formula is C18H22FN3O2S. The Bertz CT molecular complexity index is 897. The van der Waals surface area contributed by atoms with Crippen LogP contribution in [-0.2, 0) is 9.84 Å². The third kappa shape index (κ3) is 3.38. The highest BCUT2D eigenvalue weighted by molar-refractivity contribution is 7.92. The van der Waals surface area contributed by atoms with E-state index in [1.807, 2.05) is 11.8 Å². The van der Waals surface area contributed by atoms with Gasteiger partial charge in [-0.05, 0) is 44.9 Å². The Morgan fingerprint density at radius 1 is 1.20 bits per heavy atom. The maximum Gasteiger partial charge on any atom is 0.225 e. The fourth-order valence-corrected chi connectivity index (χ4v) is 4.30. The maximum absolute atomic E-state index is 14.1. The van der Waals surface area contributed by atoms with Crippen LogP contribution in [-0.4, -0.2) is 42.0 Å². The van der Waals surface area contributed by atoms with Crippen molar-refractivity contribution in [3.05, 3.63) is 41.8 Å². The molecule has 3 rings (SSSR count). The van der Waals surface area contributed by atoms with E-state index in [1.54, 1.807) is 38.2 Å². The van der Waals surface area contributed by atoms with Gasteiger partial charge in [0, 0.05) is 24.8 Å². The van der Waals surface area contributed by atoms with Gasteiger partial charge in [0.05, 0.1) is 16.2 Å². The molecular weight excluding hydrogens is 341 g/mol.